The molecule has 2 N–H and O–H groups in total. The number of carbonyl (C=O) groups excluding carboxylic acids is 1. The third-order valence-electron chi connectivity index (χ3n) is 2.88. The van der Waals surface area contributed by atoms with E-state index in [1.54, 1.807) is 5.32 Å². The number of nitrogens with one attached hydrogen (secondary N) is 1. The van der Waals surface area contributed by atoms with Gasteiger partial charge in [0, 0.05) is 13.0 Å². The Morgan fingerprint density at radius 3 is 2.25 bits per heavy atom. The van der Waals surface area contributed by atoms with Crippen LogP contribution in [0.15, 0.2) is 0 Å². The van der Waals surface area contributed by atoms with Gasteiger partial charge < -0.3 is 10.4 Å². The number of hydrogen-bond donors (Lipinski definition) is 2. The van der Waals surface area contributed by atoms with Crippen LogP contribution in [0.5, 0.6) is 0 Å². The maximum Gasteiger partial charge on any atom is 0.383 e. The number of carboxylic acids is 1. The molecule has 0 aliphatic carbocycles. The van der Waals surface area contributed by atoms with Crippen LogP contribution in [-0.4, -0.2) is 35.9 Å². The van der Waals surface area contributed by atoms with Crippen molar-refractivity contribution in [2.75, 3.05) is 6.54 Å². The molecule has 0 heterocycles. The Hall–Kier alpha value is -1.34. The summed E-state index contributed by atoms with van der Waals surface area (Å²) in [5, 5.41) is 10.3. The molecular weight excluding hydrogens is 282 g/mol. The number of carboxylic acid groups (broad SMARTS) is 1. The van der Waals surface area contributed by atoms with Gasteiger partial charge in [0.05, 0.1) is 0 Å². The lowest BCUT2D eigenvalue weighted by atomic mass is 9.94. The van der Waals surface area contributed by atoms with Gasteiger partial charge in [-0.3, -0.25) is 9.59 Å². The van der Waals surface area contributed by atoms with Gasteiger partial charge in [-0.15, -0.1) is 0 Å². The van der Waals surface area contributed by atoms with Crippen LogP contribution in [-0.2, 0) is 9.59 Å². The van der Waals surface area contributed by atoms with Crippen molar-refractivity contribution in [3.05, 3.63) is 0 Å². The molecule has 8 heteroatoms. The monoisotopic (exact) mass is 301 g/mol. The van der Waals surface area contributed by atoms with Crippen LogP contribution >= 0.6 is 0 Å². The summed E-state index contributed by atoms with van der Waals surface area (Å²) in [4.78, 5) is 21.3. The molecule has 118 valence electrons. The summed E-state index contributed by atoms with van der Waals surface area (Å²) in [5.74, 6) is -7.70. The Balaban J connectivity index is 4.16. The van der Waals surface area contributed by atoms with Crippen LogP contribution in [0.25, 0.3) is 0 Å². The Bertz CT molecular complexity index is 324. The van der Waals surface area contributed by atoms with E-state index in [-0.39, 0.29) is 25.3 Å². The molecule has 0 aromatic heterocycles. The average Bonchev–Trinajstić information content (AvgIpc) is 2.35. The molecule has 0 aromatic rings. The van der Waals surface area contributed by atoms with Crippen molar-refractivity contribution < 1.29 is 32.3 Å². The number of aliphatic carboxylic acids is 1. The number of alkyl halides is 4. The van der Waals surface area contributed by atoms with E-state index in [0.29, 0.717) is 12.8 Å². The van der Waals surface area contributed by atoms with E-state index >= 15 is 0 Å². The highest BCUT2D eigenvalue weighted by Gasteiger charge is 2.48. The highest BCUT2D eigenvalue weighted by Crippen LogP contribution is 2.23. The minimum absolute atomic E-state index is 0.0448. The Morgan fingerprint density at radius 2 is 1.80 bits per heavy atom. The smallest absolute Gasteiger partial charge is 0.383 e. The fourth-order valence-electron chi connectivity index (χ4n) is 1.78. The predicted octanol–water partition coefficient (Wildman–Crippen LogP) is 2.67. The molecule has 0 spiro atoms. The summed E-state index contributed by atoms with van der Waals surface area (Å²) >= 11 is 0. The second kappa shape index (κ2) is 8.76. The first-order valence-corrected chi connectivity index (χ1v) is 6.37. The molecule has 20 heavy (non-hydrogen) atoms. The third-order valence-corrected chi connectivity index (χ3v) is 2.88. The summed E-state index contributed by atoms with van der Waals surface area (Å²) < 4.78 is 49.1. The molecule has 0 fully saturated rings. The molecule has 0 aliphatic heterocycles. The van der Waals surface area contributed by atoms with Crippen molar-refractivity contribution in [1.82, 2.24) is 5.32 Å². The molecule has 0 rings (SSSR count). The van der Waals surface area contributed by atoms with Gasteiger partial charge >= 0.3 is 18.3 Å². The average molecular weight is 301 g/mol. The van der Waals surface area contributed by atoms with E-state index in [1.165, 1.54) is 0 Å². The molecule has 1 atom stereocenters. The second-order valence-corrected chi connectivity index (χ2v) is 4.56. The van der Waals surface area contributed by atoms with Crippen LogP contribution in [0.3, 0.4) is 0 Å². The molecular formula is C12H19F4NO3. The first-order valence-electron chi connectivity index (χ1n) is 6.37. The molecule has 0 bridgehead atoms. The van der Waals surface area contributed by atoms with Gasteiger partial charge in [-0.1, -0.05) is 19.8 Å². The highest BCUT2D eigenvalue weighted by atomic mass is 19.3. The lowest BCUT2D eigenvalue weighted by Crippen LogP contribution is -2.45. The maximum atomic E-state index is 12.6. The van der Waals surface area contributed by atoms with E-state index in [9.17, 15) is 27.2 Å². The second-order valence-electron chi connectivity index (χ2n) is 4.56. The van der Waals surface area contributed by atoms with Crippen molar-refractivity contribution in [2.24, 2.45) is 5.92 Å². The maximum absolute atomic E-state index is 12.6. The van der Waals surface area contributed by atoms with Gasteiger partial charge in [-0.25, -0.2) is 8.78 Å². The van der Waals surface area contributed by atoms with Crippen LogP contribution in [0.1, 0.15) is 39.0 Å². The molecule has 0 aliphatic rings. The summed E-state index contributed by atoms with van der Waals surface area (Å²) in [6.45, 7) is 1.71. The van der Waals surface area contributed by atoms with E-state index < -0.39 is 24.2 Å². The molecule has 1 unspecified atom stereocenters. The van der Waals surface area contributed by atoms with Crippen LogP contribution in [0.4, 0.5) is 17.6 Å². The van der Waals surface area contributed by atoms with Gasteiger partial charge in [0.25, 0.3) is 5.91 Å². The van der Waals surface area contributed by atoms with Crippen LogP contribution < -0.4 is 5.32 Å². The quantitative estimate of drug-likeness (QED) is 0.610. The molecule has 0 aromatic carbocycles. The van der Waals surface area contributed by atoms with Gasteiger partial charge in [-0.2, -0.15) is 8.78 Å². The lowest BCUT2D eigenvalue weighted by Gasteiger charge is -2.18. The first kappa shape index (κ1) is 18.7. The third kappa shape index (κ3) is 6.72. The predicted molar refractivity (Wildman–Crippen MR) is 63.8 cm³/mol. The van der Waals surface area contributed by atoms with Crippen molar-refractivity contribution >= 4 is 11.9 Å². The molecule has 0 saturated heterocycles. The number of rotatable bonds is 10. The van der Waals surface area contributed by atoms with Crippen molar-refractivity contribution in [3.63, 3.8) is 0 Å². The Kier molecular flexibility index (Phi) is 8.17. The first-order chi connectivity index (χ1) is 9.21. The summed E-state index contributed by atoms with van der Waals surface area (Å²) in [7, 11) is 0. The number of halogens is 4. The van der Waals surface area contributed by atoms with E-state index in [1.807, 2.05) is 6.92 Å². The molecule has 0 radical (unpaired) electrons. The van der Waals surface area contributed by atoms with Crippen molar-refractivity contribution in [3.8, 4) is 0 Å². The van der Waals surface area contributed by atoms with E-state index in [2.05, 4.69) is 0 Å². The standard InChI is InChI=1S/C12H19F4NO3/c1-2-3-8(4-5-9(18)19)6-7-17-11(20)12(15,16)10(13)14/h8,10H,2-7H2,1H3,(H,17,20)(H,18,19). The van der Waals surface area contributed by atoms with E-state index in [4.69, 9.17) is 5.11 Å². The van der Waals surface area contributed by atoms with Gasteiger partial charge in [0.15, 0.2) is 0 Å². The Morgan fingerprint density at radius 1 is 1.20 bits per heavy atom. The molecule has 1 amide bonds. The van der Waals surface area contributed by atoms with Gasteiger partial charge in [-0.05, 0) is 18.8 Å². The van der Waals surface area contributed by atoms with E-state index in [0.717, 1.165) is 6.42 Å². The zero-order valence-electron chi connectivity index (χ0n) is 11.2. The van der Waals surface area contributed by atoms with Crippen LogP contribution in [0, 0.1) is 5.92 Å². The fourth-order valence-corrected chi connectivity index (χ4v) is 1.78. The topological polar surface area (TPSA) is 66.4 Å². The number of amides is 1. The normalized spacial score (nSPS) is 13.3. The largest absolute Gasteiger partial charge is 0.481 e. The van der Waals surface area contributed by atoms with Crippen LogP contribution in [0.2, 0.25) is 0 Å². The summed E-state index contributed by atoms with van der Waals surface area (Å²) in [6, 6.07) is 0. The minimum Gasteiger partial charge on any atom is -0.481 e. The minimum atomic E-state index is -4.69. The van der Waals surface area contributed by atoms with Crippen molar-refractivity contribution in [1.29, 1.82) is 0 Å². The number of hydrogen-bond acceptors (Lipinski definition) is 2. The lowest BCUT2D eigenvalue weighted by molar-refractivity contribution is -0.169. The molecule has 0 saturated carbocycles. The van der Waals surface area contributed by atoms with Gasteiger partial charge in [0.1, 0.15) is 0 Å². The fraction of sp³-hybridized carbons (Fsp3) is 0.833. The summed E-state index contributed by atoms with van der Waals surface area (Å²) in [5.41, 5.74) is 0. The Labute approximate surface area is 114 Å². The van der Waals surface area contributed by atoms with Crippen molar-refractivity contribution in [2.45, 2.75) is 51.4 Å². The highest BCUT2D eigenvalue weighted by molar-refractivity contribution is 5.83. The zero-order valence-corrected chi connectivity index (χ0v) is 11.2. The number of carbonyl (C=O) groups is 2. The summed E-state index contributed by atoms with van der Waals surface area (Å²) in [6.07, 6.45) is -1.97. The SMILES string of the molecule is CCCC(CCNC(=O)C(F)(F)C(F)F)CCC(=O)O. The zero-order chi connectivity index (χ0) is 15.8. The molecule has 4 nitrogen and oxygen atoms in total. The van der Waals surface area contributed by atoms with Gasteiger partial charge in [0.2, 0.25) is 0 Å².